The molecule has 1 aromatic rings. The van der Waals surface area contributed by atoms with Crippen molar-refractivity contribution in [2.45, 2.75) is 25.5 Å². The molecule has 4 nitrogen and oxygen atoms in total. The summed E-state index contributed by atoms with van der Waals surface area (Å²) < 4.78 is 5.72. The lowest BCUT2D eigenvalue weighted by atomic mass is 10.2. The molecule has 1 amide bonds. The Morgan fingerprint density at radius 1 is 1.47 bits per heavy atom. The van der Waals surface area contributed by atoms with E-state index in [0.717, 1.165) is 12.2 Å². The van der Waals surface area contributed by atoms with Crippen LogP contribution in [0.3, 0.4) is 0 Å². The normalized spacial score (nSPS) is 23.8. The van der Waals surface area contributed by atoms with Crippen LogP contribution in [0, 0.1) is 0 Å². The number of hydrogen-bond donors (Lipinski definition) is 1. The fourth-order valence-corrected chi connectivity index (χ4v) is 2.17. The highest BCUT2D eigenvalue weighted by atomic mass is 35.5. The number of nitrogens with zero attached hydrogens (tertiary/aromatic N) is 1. The predicted molar refractivity (Wildman–Crippen MR) is 64.7 cm³/mol. The molecular formula is C12H14ClNO3. The first-order valence-corrected chi connectivity index (χ1v) is 5.86. The number of hydrogen-bond acceptors (Lipinski definition) is 2. The van der Waals surface area contributed by atoms with Crippen molar-refractivity contribution < 1.29 is 14.6 Å². The number of benzene rings is 1. The minimum atomic E-state index is -0.889. The molecule has 0 radical (unpaired) electrons. The summed E-state index contributed by atoms with van der Waals surface area (Å²) in [6, 6.07) is 7.09. The van der Waals surface area contributed by atoms with Crippen LogP contribution < -0.4 is 4.74 Å². The van der Waals surface area contributed by atoms with E-state index in [2.05, 4.69) is 0 Å². The molecular weight excluding hydrogens is 242 g/mol. The maximum absolute atomic E-state index is 10.9. The summed E-state index contributed by atoms with van der Waals surface area (Å²) in [4.78, 5) is 12.3. The first-order chi connectivity index (χ1) is 8.06. The van der Waals surface area contributed by atoms with Crippen LogP contribution in [0.2, 0.25) is 5.02 Å². The standard InChI is InChI=1S/C12H14ClNO3/c1-8-6-11(7-14(8)12(15)16)17-10-4-2-9(13)3-5-10/h2-5,8,11H,6-7H2,1H3,(H,15,16)/t8-,11+/m1/s1. The first-order valence-electron chi connectivity index (χ1n) is 5.48. The fraction of sp³-hybridized carbons (Fsp3) is 0.417. The van der Waals surface area contributed by atoms with Gasteiger partial charge in [-0.2, -0.15) is 0 Å². The molecule has 1 N–H and O–H groups in total. The van der Waals surface area contributed by atoms with E-state index in [1.165, 1.54) is 4.90 Å². The van der Waals surface area contributed by atoms with Gasteiger partial charge in [-0.25, -0.2) is 4.79 Å². The minimum Gasteiger partial charge on any atom is -0.489 e. The Balaban J connectivity index is 1.97. The van der Waals surface area contributed by atoms with Crippen LogP contribution in [0.4, 0.5) is 4.79 Å². The maximum Gasteiger partial charge on any atom is 0.407 e. The fourth-order valence-electron chi connectivity index (χ4n) is 2.04. The van der Waals surface area contributed by atoms with Crippen LogP contribution in [0.25, 0.3) is 0 Å². The maximum atomic E-state index is 10.9. The van der Waals surface area contributed by atoms with Gasteiger partial charge >= 0.3 is 6.09 Å². The Morgan fingerprint density at radius 3 is 2.65 bits per heavy atom. The third-order valence-electron chi connectivity index (χ3n) is 2.90. The second-order valence-electron chi connectivity index (χ2n) is 4.21. The van der Waals surface area contributed by atoms with E-state index in [-0.39, 0.29) is 12.1 Å². The van der Waals surface area contributed by atoms with Crippen LogP contribution in [-0.4, -0.2) is 34.8 Å². The molecule has 17 heavy (non-hydrogen) atoms. The number of likely N-dealkylation sites (tertiary alicyclic amines) is 1. The van der Waals surface area contributed by atoms with Crippen LogP contribution in [0.15, 0.2) is 24.3 Å². The second-order valence-corrected chi connectivity index (χ2v) is 4.65. The third kappa shape index (κ3) is 2.82. The Labute approximate surface area is 105 Å². The molecule has 1 aliphatic rings. The highest BCUT2D eigenvalue weighted by Crippen LogP contribution is 2.23. The Hall–Kier alpha value is -1.42. The average molecular weight is 256 g/mol. The molecule has 0 aliphatic carbocycles. The van der Waals surface area contributed by atoms with Crippen LogP contribution in [0.5, 0.6) is 5.75 Å². The zero-order chi connectivity index (χ0) is 12.4. The van der Waals surface area contributed by atoms with Crippen molar-refractivity contribution in [3.8, 4) is 5.75 Å². The molecule has 92 valence electrons. The largest absolute Gasteiger partial charge is 0.489 e. The smallest absolute Gasteiger partial charge is 0.407 e. The molecule has 1 aliphatic heterocycles. The second kappa shape index (κ2) is 4.84. The summed E-state index contributed by atoms with van der Waals surface area (Å²) in [7, 11) is 0. The van der Waals surface area contributed by atoms with Gasteiger partial charge in [-0.1, -0.05) is 11.6 Å². The van der Waals surface area contributed by atoms with Gasteiger partial charge in [-0.05, 0) is 31.2 Å². The van der Waals surface area contributed by atoms with E-state index >= 15 is 0 Å². The Kier molecular flexibility index (Phi) is 3.43. The van der Waals surface area contributed by atoms with Crippen molar-refractivity contribution in [2.24, 2.45) is 0 Å². The molecule has 0 bridgehead atoms. The van der Waals surface area contributed by atoms with Crippen molar-refractivity contribution in [1.82, 2.24) is 4.90 Å². The van der Waals surface area contributed by atoms with Gasteiger partial charge in [0.25, 0.3) is 0 Å². The number of carboxylic acid groups (broad SMARTS) is 1. The zero-order valence-corrected chi connectivity index (χ0v) is 10.2. The molecule has 1 fully saturated rings. The number of carbonyl (C=O) groups is 1. The summed E-state index contributed by atoms with van der Waals surface area (Å²) in [5.41, 5.74) is 0. The molecule has 1 aromatic carbocycles. The summed E-state index contributed by atoms with van der Waals surface area (Å²) in [6.45, 7) is 2.30. The Morgan fingerprint density at radius 2 is 2.12 bits per heavy atom. The molecule has 0 saturated carbocycles. The van der Waals surface area contributed by atoms with Crippen LogP contribution in [0.1, 0.15) is 13.3 Å². The zero-order valence-electron chi connectivity index (χ0n) is 9.47. The van der Waals surface area contributed by atoms with Gasteiger partial charge in [0.05, 0.1) is 6.54 Å². The van der Waals surface area contributed by atoms with E-state index in [9.17, 15) is 4.79 Å². The van der Waals surface area contributed by atoms with Crippen molar-refractivity contribution in [2.75, 3.05) is 6.54 Å². The van der Waals surface area contributed by atoms with Crippen LogP contribution >= 0.6 is 11.6 Å². The van der Waals surface area contributed by atoms with Crippen LogP contribution in [-0.2, 0) is 0 Å². The highest BCUT2D eigenvalue weighted by Gasteiger charge is 2.33. The lowest BCUT2D eigenvalue weighted by molar-refractivity contribution is 0.137. The van der Waals surface area contributed by atoms with Crippen molar-refractivity contribution in [3.05, 3.63) is 29.3 Å². The van der Waals surface area contributed by atoms with E-state index in [1.54, 1.807) is 24.3 Å². The number of amides is 1. The molecule has 2 atom stereocenters. The minimum absolute atomic E-state index is 0.00444. The molecule has 0 aromatic heterocycles. The van der Waals surface area contributed by atoms with Crippen molar-refractivity contribution in [1.29, 1.82) is 0 Å². The van der Waals surface area contributed by atoms with Gasteiger partial charge in [0.1, 0.15) is 11.9 Å². The molecule has 0 unspecified atom stereocenters. The highest BCUT2D eigenvalue weighted by molar-refractivity contribution is 6.30. The molecule has 1 saturated heterocycles. The summed E-state index contributed by atoms with van der Waals surface area (Å²) in [6.07, 6.45) is -0.253. The molecule has 5 heteroatoms. The summed E-state index contributed by atoms with van der Waals surface area (Å²) >= 11 is 5.77. The molecule has 2 rings (SSSR count). The van der Waals surface area contributed by atoms with Gasteiger partial charge < -0.3 is 14.7 Å². The quantitative estimate of drug-likeness (QED) is 0.884. The van der Waals surface area contributed by atoms with E-state index in [4.69, 9.17) is 21.4 Å². The average Bonchev–Trinajstić information content (AvgIpc) is 2.63. The lowest BCUT2D eigenvalue weighted by Gasteiger charge is -2.16. The predicted octanol–water partition coefficient (Wildman–Crippen LogP) is 2.86. The SMILES string of the molecule is C[C@@H]1C[C@H](Oc2ccc(Cl)cc2)CN1C(=O)O. The molecule has 0 spiro atoms. The lowest BCUT2D eigenvalue weighted by Crippen LogP contribution is -2.33. The Bertz CT molecular complexity index is 407. The number of rotatable bonds is 2. The van der Waals surface area contributed by atoms with E-state index in [0.29, 0.717) is 11.6 Å². The number of halogens is 1. The van der Waals surface area contributed by atoms with Gasteiger partial charge in [0.2, 0.25) is 0 Å². The van der Waals surface area contributed by atoms with E-state index < -0.39 is 6.09 Å². The summed E-state index contributed by atoms with van der Waals surface area (Å²) in [5, 5.41) is 9.61. The van der Waals surface area contributed by atoms with Gasteiger partial charge in [-0.15, -0.1) is 0 Å². The van der Waals surface area contributed by atoms with Crippen molar-refractivity contribution >= 4 is 17.7 Å². The van der Waals surface area contributed by atoms with E-state index in [1.807, 2.05) is 6.92 Å². The monoisotopic (exact) mass is 255 g/mol. The third-order valence-corrected chi connectivity index (χ3v) is 3.15. The first kappa shape index (κ1) is 12.0. The van der Waals surface area contributed by atoms with Gasteiger partial charge in [0, 0.05) is 17.5 Å². The van der Waals surface area contributed by atoms with Gasteiger partial charge in [0.15, 0.2) is 0 Å². The number of ether oxygens (including phenoxy) is 1. The van der Waals surface area contributed by atoms with Gasteiger partial charge in [-0.3, -0.25) is 0 Å². The molecule has 1 heterocycles. The van der Waals surface area contributed by atoms with Crippen molar-refractivity contribution in [3.63, 3.8) is 0 Å². The summed E-state index contributed by atoms with van der Waals surface area (Å²) in [5.74, 6) is 0.721. The topological polar surface area (TPSA) is 49.8 Å².